The number of carboxylic acids is 1. The van der Waals surface area contributed by atoms with Crippen molar-refractivity contribution in [1.29, 1.82) is 0 Å². The van der Waals surface area contributed by atoms with Crippen LogP contribution in [0.15, 0.2) is 60.7 Å². The van der Waals surface area contributed by atoms with Crippen LogP contribution in [0.2, 0.25) is 0 Å². The van der Waals surface area contributed by atoms with E-state index in [2.05, 4.69) is 17.4 Å². The van der Waals surface area contributed by atoms with Crippen LogP contribution in [-0.2, 0) is 17.8 Å². The molecule has 0 aromatic heterocycles. The molecule has 0 aliphatic heterocycles. The summed E-state index contributed by atoms with van der Waals surface area (Å²) < 4.78 is 0. The summed E-state index contributed by atoms with van der Waals surface area (Å²) in [6.45, 7) is 0.702. The fourth-order valence-corrected chi connectivity index (χ4v) is 2.33. The number of carbonyl (C=O) groups is 1. The summed E-state index contributed by atoms with van der Waals surface area (Å²) in [6, 6.07) is 20.2. The van der Waals surface area contributed by atoms with Gasteiger partial charge in [0.1, 0.15) is 0 Å². The van der Waals surface area contributed by atoms with Gasteiger partial charge >= 0.3 is 5.97 Å². The second-order valence-corrected chi connectivity index (χ2v) is 5.19. The molecule has 0 bridgehead atoms. The smallest absolute Gasteiger partial charge is 0.304 e. The van der Waals surface area contributed by atoms with Crippen LogP contribution >= 0.6 is 0 Å². The molecule has 0 fully saturated rings. The SMILES string of the molecule is O=C(O)CC(CCc1ccccc1)NCc1ccccc1. The Labute approximate surface area is 125 Å². The van der Waals surface area contributed by atoms with Gasteiger partial charge in [-0.05, 0) is 24.0 Å². The number of rotatable bonds is 8. The lowest BCUT2D eigenvalue weighted by Crippen LogP contribution is -2.31. The Hall–Kier alpha value is -2.13. The Balaban J connectivity index is 1.87. The molecule has 2 rings (SSSR count). The Morgan fingerprint density at radius 3 is 2.10 bits per heavy atom. The first-order chi connectivity index (χ1) is 10.2. The van der Waals surface area contributed by atoms with E-state index in [0.717, 1.165) is 12.8 Å². The van der Waals surface area contributed by atoms with E-state index in [4.69, 9.17) is 5.11 Å². The van der Waals surface area contributed by atoms with Crippen molar-refractivity contribution in [2.75, 3.05) is 0 Å². The van der Waals surface area contributed by atoms with Gasteiger partial charge in [-0.3, -0.25) is 4.79 Å². The molecule has 0 saturated carbocycles. The summed E-state index contributed by atoms with van der Waals surface area (Å²) in [4.78, 5) is 11.0. The van der Waals surface area contributed by atoms with E-state index in [1.807, 2.05) is 48.5 Å². The zero-order valence-corrected chi connectivity index (χ0v) is 12.0. The maximum Gasteiger partial charge on any atom is 0.304 e. The molecule has 0 aliphatic carbocycles. The first-order valence-electron chi connectivity index (χ1n) is 7.27. The van der Waals surface area contributed by atoms with Crippen LogP contribution in [0.5, 0.6) is 0 Å². The van der Waals surface area contributed by atoms with Crippen LogP contribution in [0.25, 0.3) is 0 Å². The van der Waals surface area contributed by atoms with Crippen LogP contribution in [0.4, 0.5) is 0 Å². The standard InChI is InChI=1S/C18H21NO2/c20-18(21)13-17(12-11-15-7-3-1-4-8-15)19-14-16-9-5-2-6-10-16/h1-10,17,19H,11-14H2,(H,20,21). The monoisotopic (exact) mass is 283 g/mol. The van der Waals surface area contributed by atoms with Crippen molar-refractivity contribution in [3.8, 4) is 0 Å². The number of aryl methyl sites for hydroxylation is 1. The summed E-state index contributed by atoms with van der Waals surface area (Å²) in [7, 11) is 0. The number of nitrogens with one attached hydrogen (secondary N) is 1. The van der Waals surface area contributed by atoms with Gasteiger partial charge < -0.3 is 10.4 Å². The Morgan fingerprint density at radius 2 is 1.52 bits per heavy atom. The number of hydrogen-bond acceptors (Lipinski definition) is 2. The molecule has 21 heavy (non-hydrogen) atoms. The lowest BCUT2D eigenvalue weighted by atomic mass is 10.0. The first-order valence-corrected chi connectivity index (χ1v) is 7.27. The zero-order chi connectivity index (χ0) is 14.9. The van der Waals surface area contributed by atoms with E-state index < -0.39 is 5.97 Å². The van der Waals surface area contributed by atoms with Crippen LogP contribution in [0.3, 0.4) is 0 Å². The summed E-state index contributed by atoms with van der Waals surface area (Å²) in [5.74, 6) is -0.756. The molecule has 0 amide bonds. The van der Waals surface area contributed by atoms with Gasteiger partial charge in [0.25, 0.3) is 0 Å². The van der Waals surface area contributed by atoms with E-state index in [-0.39, 0.29) is 12.5 Å². The molecule has 0 radical (unpaired) electrons. The Morgan fingerprint density at radius 1 is 0.952 bits per heavy atom. The van der Waals surface area contributed by atoms with Crippen molar-refractivity contribution in [3.63, 3.8) is 0 Å². The zero-order valence-electron chi connectivity index (χ0n) is 12.0. The molecule has 2 aromatic carbocycles. The Kier molecular flexibility index (Phi) is 5.98. The Bertz CT molecular complexity index is 496. The highest BCUT2D eigenvalue weighted by Crippen LogP contribution is 2.09. The molecule has 3 heteroatoms. The van der Waals surface area contributed by atoms with Gasteiger partial charge in [0, 0.05) is 12.6 Å². The summed E-state index contributed by atoms with van der Waals surface area (Å²) >= 11 is 0. The van der Waals surface area contributed by atoms with Crippen molar-refractivity contribution in [2.24, 2.45) is 0 Å². The van der Waals surface area contributed by atoms with E-state index in [1.54, 1.807) is 0 Å². The fourth-order valence-electron chi connectivity index (χ4n) is 2.33. The van der Waals surface area contributed by atoms with Crippen LogP contribution in [-0.4, -0.2) is 17.1 Å². The van der Waals surface area contributed by atoms with Gasteiger partial charge in [-0.25, -0.2) is 0 Å². The normalized spacial score (nSPS) is 12.0. The number of aliphatic carboxylic acids is 1. The maximum atomic E-state index is 11.0. The number of carboxylic acid groups (broad SMARTS) is 1. The van der Waals surface area contributed by atoms with Gasteiger partial charge in [-0.2, -0.15) is 0 Å². The second kappa shape index (κ2) is 8.22. The third-order valence-corrected chi connectivity index (χ3v) is 3.48. The summed E-state index contributed by atoms with van der Waals surface area (Å²) in [5.41, 5.74) is 2.42. The molecular weight excluding hydrogens is 262 g/mol. The number of benzene rings is 2. The van der Waals surface area contributed by atoms with Crippen LogP contribution in [0, 0.1) is 0 Å². The lowest BCUT2D eigenvalue weighted by molar-refractivity contribution is -0.137. The molecule has 3 nitrogen and oxygen atoms in total. The predicted molar refractivity (Wildman–Crippen MR) is 84.1 cm³/mol. The van der Waals surface area contributed by atoms with E-state index in [1.165, 1.54) is 11.1 Å². The van der Waals surface area contributed by atoms with Crippen molar-refractivity contribution in [2.45, 2.75) is 31.8 Å². The quantitative estimate of drug-likeness (QED) is 0.782. The van der Waals surface area contributed by atoms with Crippen molar-refractivity contribution < 1.29 is 9.90 Å². The average Bonchev–Trinajstić information content (AvgIpc) is 2.51. The third-order valence-electron chi connectivity index (χ3n) is 3.48. The molecule has 0 heterocycles. The van der Waals surface area contributed by atoms with Crippen LogP contribution < -0.4 is 5.32 Å². The van der Waals surface area contributed by atoms with Gasteiger partial charge in [0.2, 0.25) is 0 Å². The first kappa shape index (κ1) is 15.3. The largest absolute Gasteiger partial charge is 0.481 e. The minimum absolute atomic E-state index is 0.0112. The van der Waals surface area contributed by atoms with Crippen molar-refractivity contribution in [3.05, 3.63) is 71.8 Å². The molecule has 0 aliphatic rings. The van der Waals surface area contributed by atoms with Gasteiger partial charge in [-0.15, -0.1) is 0 Å². The van der Waals surface area contributed by atoms with Crippen molar-refractivity contribution in [1.82, 2.24) is 5.32 Å². The van der Waals surface area contributed by atoms with Gasteiger partial charge in [0.15, 0.2) is 0 Å². The van der Waals surface area contributed by atoms with Crippen LogP contribution in [0.1, 0.15) is 24.0 Å². The number of hydrogen-bond donors (Lipinski definition) is 2. The lowest BCUT2D eigenvalue weighted by Gasteiger charge is -2.17. The highest BCUT2D eigenvalue weighted by atomic mass is 16.4. The molecule has 1 unspecified atom stereocenters. The molecule has 0 spiro atoms. The molecule has 2 aromatic rings. The molecule has 0 saturated heterocycles. The molecular formula is C18H21NO2. The van der Waals surface area contributed by atoms with E-state index in [9.17, 15) is 4.79 Å². The predicted octanol–water partition coefficient (Wildman–Crippen LogP) is 3.25. The molecule has 110 valence electrons. The minimum atomic E-state index is -0.756. The van der Waals surface area contributed by atoms with E-state index in [0.29, 0.717) is 6.54 Å². The van der Waals surface area contributed by atoms with Gasteiger partial charge in [-0.1, -0.05) is 60.7 Å². The summed E-state index contributed by atoms with van der Waals surface area (Å²) in [5, 5.41) is 12.4. The van der Waals surface area contributed by atoms with Gasteiger partial charge in [0.05, 0.1) is 6.42 Å². The molecule has 1 atom stereocenters. The van der Waals surface area contributed by atoms with E-state index >= 15 is 0 Å². The minimum Gasteiger partial charge on any atom is -0.481 e. The highest BCUT2D eigenvalue weighted by Gasteiger charge is 2.12. The second-order valence-electron chi connectivity index (χ2n) is 5.19. The fraction of sp³-hybridized carbons (Fsp3) is 0.278. The molecule has 2 N–H and O–H groups in total. The maximum absolute atomic E-state index is 11.0. The average molecular weight is 283 g/mol. The topological polar surface area (TPSA) is 49.3 Å². The van der Waals surface area contributed by atoms with Crippen molar-refractivity contribution >= 4 is 5.97 Å². The summed E-state index contributed by atoms with van der Waals surface area (Å²) in [6.07, 6.45) is 1.86. The third kappa shape index (κ3) is 5.79. The highest BCUT2D eigenvalue weighted by molar-refractivity contribution is 5.67.